The summed E-state index contributed by atoms with van der Waals surface area (Å²) >= 11 is 0. The minimum absolute atomic E-state index is 0.0503. The molecule has 2 rings (SSSR count). The van der Waals surface area contributed by atoms with Gasteiger partial charge < -0.3 is 4.18 Å². The molecular formula is C17H15NO3S. The Morgan fingerprint density at radius 1 is 1.05 bits per heavy atom. The molecule has 0 amide bonds. The van der Waals surface area contributed by atoms with Crippen molar-refractivity contribution in [3.8, 4) is 6.07 Å². The lowest BCUT2D eigenvalue weighted by atomic mass is 10.1. The molecule has 0 aliphatic carbocycles. The van der Waals surface area contributed by atoms with E-state index in [1.807, 2.05) is 19.1 Å². The Balaban J connectivity index is 2.37. The molecule has 0 unspecified atom stereocenters. The summed E-state index contributed by atoms with van der Waals surface area (Å²) < 4.78 is 29.6. The zero-order chi connectivity index (χ0) is 16.2. The van der Waals surface area contributed by atoms with E-state index in [1.54, 1.807) is 36.4 Å². The second-order valence-corrected chi connectivity index (χ2v) is 6.31. The van der Waals surface area contributed by atoms with Crippen LogP contribution in [0.25, 0.3) is 5.57 Å². The SMILES string of the molecule is C/C(OS(=O)(=O)c1ccc(C)cc1)=C(/C#N)c1ccccc1. The van der Waals surface area contributed by atoms with Crippen LogP contribution in [0.3, 0.4) is 0 Å². The Labute approximate surface area is 130 Å². The van der Waals surface area contributed by atoms with Crippen molar-refractivity contribution in [3.05, 3.63) is 71.5 Å². The Hall–Kier alpha value is -2.58. The predicted molar refractivity (Wildman–Crippen MR) is 84.1 cm³/mol. The average Bonchev–Trinajstić information content (AvgIpc) is 2.49. The van der Waals surface area contributed by atoms with Crippen LogP contribution in [0.1, 0.15) is 18.1 Å². The van der Waals surface area contributed by atoms with Gasteiger partial charge in [-0.2, -0.15) is 13.7 Å². The van der Waals surface area contributed by atoms with E-state index < -0.39 is 10.1 Å². The summed E-state index contributed by atoms with van der Waals surface area (Å²) in [7, 11) is -3.95. The van der Waals surface area contributed by atoms with Crippen molar-refractivity contribution >= 4 is 15.7 Å². The molecule has 22 heavy (non-hydrogen) atoms. The Kier molecular flexibility index (Phi) is 4.64. The largest absolute Gasteiger partial charge is 0.382 e. The lowest BCUT2D eigenvalue weighted by Crippen LogP contribution is -2.06. The molecule has 0 saturated carbocycles. The van der Waals surface area contributed by atoms with Gasteiger partial charge in [0.1, 0.15) is 16.7 Å². The maximum absolute atomic E-state index is 12.2. The van der Waals surface area contributed by atoms with Gasteiger partial charge in [-0.05, 0) is 31.5 Å². The van der Waals surface area contributed by atoms with Gasteiger partial charge in [0.15, 0.2) is 0 Å². The van der Waals surface area contributed by atoms with Gasteiger partial charge in [-0.3, -0.25) is 0 Å². The fraction of sp³-hybridized carbons (Fsp3) is 0.118. The van der Waals surface area contributed by atoms with E-state index >= 15 is 0 Å². The monoisotopic (exact) mass is 313 g/mol. The number of rotatable bonds is 4. The third-order valence-electron chi connectivity index (χ3n) is 3.07. The summed E-state index contributed by atoms with van der Waals surface area (Å²) in [5.74, 6) is 0.0503. The Morgan fingerprint density at radius 3 is 2.18 bits per heavy atom. The van der Waals surface area contributed by atoms with Gasteiger partial charge in [0.25, 0.3) is 0 Å². The second kappa shape index (κ2) is 6.46. The van der Waals surface area contributed by atoms with Crippen LogP contribution in [0.5, 0.6) is 0 Å². The Morgan fingerprint density at radius 2 is 1.64 bits per heavy atom. The van der Waals surface area contributed by atoms with Crippen molar-refractivity contribution in [1.29, 1.82) is 5.26 Å². The third-order valence-corrected chi connectivity index (χ3v) is 4.39. The lowest BCUT2D eigenvalue weighted by Gasteiger charge is -2.09. The van der Waals surface area contributed by atoms with Gasteiger partial charge in [0, 0.05) is 0 Å². The maximum Gasteiger partial charge on any atom is 0.338 e. The number of hydrogen-bond acceptors (Lipinski definition) is 4. The quantitative estimate of drug-likeness (QED) is 0.491. The molecular weight excluding hydrogens is 298 g/mol. The van der Waals surface area contributed by atoms with Crippen LogP contribution in [0.4, 0.5) is 0 Å². The minimum Gasteiger partial charge on any atom is -0.382 e. The Bertz CT molecular complexity index is 830. The zero-order valence-corrected chi connectivity index (χ0v) is 13.1. The summed E-state index contributed by atoms with van der Waals surface area (Å²) in [5, 5.41) is 9.27. The number of hydrogen-bond donors (Lipinski definition) is 0. The number of nitriles is 1. The van der Waals surface area contributed by atoms with Crippen LogP contribution >= 0.6 is 0 Å². The standard InChI is InChI=1S/C17H15NO3S/c1-13-8-10-16(11-9-13)22(19,20)21-14(2)17(12-18)15-6-4-3-5-7-15/h3-11H,1-2H3/b17-14+. The van der Waals surface area contributed by atoms with Crippen LogP contribution < -0.4 is 0 Å². The van der Waals surface area contributed by atoms with E-state index in [0.717, 1.165) is 5.56 Å². The van der Waals surface area contributed by atoms with Crippen LogP contribution in [0.15, 0.2) is 65.3 Å². The highest BCUT2D eigenvalue weighted by Crippen LogP contribution is 2.23. The van der Waals surface area contributed by atoms with E-state index in [4.69, 9.17) is 4.18 Å². The molecule has 0 heterocycles. The van der Waals surface area contributed by atoms with E-state index in [0.29, 0.717) is 5.56 Å². The summed E-state index contributed by atoms with van der Waals surface area (Å²) in [6.07, 6.45) is 0. The topological polar surface area (TPSA) is 67.2 Å². The first-order valence-electron chi connectivity index (χ1n) is 6.61. The molecule has 0 aliphatic rings. The number of aryl methyl sites for hydroxylation is 1. The molecule has 5 heteroatoms. The molecule has 0 bridgehead atoms. The first-order chi connectivity index (χ1) is 10.4. The molecule has 0 N–H and O–H groups in total. The highest BCUT2D eigenvalue weighted by Gasteiger charge is 2.18. The van der Waals surface area contributed by atoms with Crippen LogP contribution in [0.2, 0.25) is 0 Å². The predicted octanol–water partition coefficient (Wildman–Crippen LogP) is 3.66. The van der Waals surface area contributed by atoms with Crippen LogP contribution in [0, 0.1) is 18.3 Å². The first-order valence-corrected chi connectivity index (χ1v) is 8.02. The van der Waals surface area contributed by atoms with Crippen LogP contribution in [-0.4, -0.2) is 8.42 Å². The van der Waals surface area contributed by atoms with Crippen molar-refractivity contribution < 1.29 is 12.6 Å². The molecule has 0 saturated heterocycles. The van der Waals surface area contributed by atoms with E-state index in [-0.39, 0.29) is 16.2 Å². The van der Waals surface area contributed by atoms with Crippen molar-refractivity contribution in [3.63, 3.8) is 0 Å². The highest BCUT2D eigenvalue weighted by molar-refractivity contribution is 7.86. The molecule has 4 nitrogen and oxygen atoms in total. The van der Waals surface area contributed by atoms with Gasteiger partial charge in [0.05, 0.1) is 5.57 Å². The second-order valence-electron chi connectivity index (χ2n) is 4.76. The molecule has 0 aliphatic heterocycles. The summed E-state index contributed by atoms with van der Waals surface area (Å²) in [6, 6.07) is 17.1. The summed E-state index contributed by atoms with van der Waals surface area (Å²) in [5.41, 5.74) is 1.76. The van der Waals surface area contributed by atoms with E-state index in [2.05, 4.69) is 0 Å². The van der Waals surface area contributed by atoms with E-state index in [1.165, 1.54) is 19.1 Å². The smallest absolute Gasteiger partial charge is 0.338 e. The number of nitrogens with zero attached hydrogens (tertiary/aromatic N) is 1. The first kappa shape index (κ1) is 15.8. The van der Waals surface area contributed by atoms with Gasteiger partial charge in [-0.1, -0.05) is 48.0 Å². The molecule has 0 aromatic heterocycles. The molecule has 0 spiro atoms. The summed E-state index contributed by atoms with van der Waals surface area (Å²) in [6.45, 7) is 3.34. The van der Waals surface area contributed by atoms with Gasteiger partial charge in [0.2, 0.25) is 0 Å². The average molecular weight is 313 g/mol. The molecule has 0 atom stereocenters. The molecule has 2 aromatic carbocycles. The number of allylic oxidation sites excluding steroid dienone is 2. The highest BCUT2D eigenvalue weighted by atomic mass is 32.2. The van der Waals surface area contributed by atoms with Gasteiger partial charge in [-0.25, -0.2) is 0 Å². The molecule has 0 fully saturated rings. The third kappa shape index (κ3) is 3.54. The molecule has 112 valence electrons. The number of benzene rings is 2. The van der Waals surface area contributed by atoms with E-state index in [9.17, 15) is 13.7 Å². The van der Waals surface area contributed by atoms with Crippen molar-refractivity contribution in [1.82, 2.24) is 0 Å². The normalized spacial score (nSPS) is 12.2. The van der Waals surface area contributed by atoms with Crippen molar-refractivity contribution in [2.75, 3.05) is 0 Å². The van der Waals surface area contributed by atoms with Gasteiger partial charge >= 0.3 is 10.1 Å². The van der Waals surface area contributed by atoms with Gasteiger partial charge in [-0.15, -0.1) is 0 Å². The van der Waals surface area contributed by atoms with Crippen molar-refractivity contribution in [2.24, 2.45) is 0 Å². The fourth-order valence-electron chi connectivity index (χ4n) is 1.91. The molecule has 0 radical (unpaired) electrons. The minimum atomic E-state index is -3.95. The summed E-state index contributed by atoms with van der Waals surface area (Å²) in [4.78, 5) is 0.0581. The van der Waals surface area contributed by atoms with Crippen LogP contribution in [-0.2, 0) is 14.3 Å². The zero-order valence-electron chi connectivity index (χ0n) is 12.3. The lowest BCUT2D eigenvalue weighted by molar-refractivity contribution is 0.410. The van der Waals surface area contributed by atoms with Crippen molar-refractivity contribution in [2.45, 2.75) is 18.7 Å². The maximum atomic E-state index is 12.2. The fourth-order valence-corrected chi connectivity index (χ4v) is 2.89. The molecule has 2 aromatic rings.